The Morgan fingerprint density at radius 1 is 1.10 bits per heavy atom. The maximum atomic E-state index is 12.9. The van der Waals surface area contributed by atoms with Crippen molar-refractivity contribution >= 4 is 5.69 Å². The molecule has 0 aliphatic carbocycles. The Labute approximate surface area is 113 Å². The summed E-state index contributed by atoms with van der Waals surface area (Å²) in [5.41, 5.74) is -0.583. The van der Waals surface area contributed by atoms with Crippen LogP contribution >= 0.6 is 0 Å². The minimum atomic E-state index is -4.48. The van der Waals surface area contributed by atoms with Crippen LogP contribution in [0.25, 0.3) is 0 Å². The summed E-state index contributed by atoms with van der Waals surface area (Å²) in [6.45, 7) is 0. The molecular formula is C14H10F3N3. The molecule has 0 saturated carbocycles. The second-order valence-corrected chi connectivity index (χ2v) is 4.00. The molecule has 0 amide bonds. The number of nitriles is 1. The van der Waals surface area contributed by atoms with E-state index in [1.165, 1.54) is 24.4 Å². The summed E-state index contributed by atoms with van der Waals surface area (Å²) < 4.78 is 38.6. The number of rotatable bonds is 3. The zero-order chi connectivity index (χ0) is 14.6. The molecule has 1 N–H and O–H groups in total. The Bertz CT molecular complexity index is 618. The van der Waals surface area contributed by atoms with Crippen LogP contribution in [0.4, 0.5) is 18.9 Å². The number of pyridine rings is 1. The molecule has 0 bridgehead atoms. The maximum absolute atomic E-state index is 12.9. The van der Waals surface area contributed by atoms with Gasteiger partial charge in [0.15, 0.2) is 6.04 Å². The molecule has 1 aromatic carbocycles. The van der Waals surface area contributed by atoms with Gasteiger partial charge in [-0.15, -0.1) is 0 Å². The zero-order valence-corrected chi connectivity index (χ0v) is 10.2. The molecule has 1 heterocycles. The summed E-state index contributed by atoms with van der Waals surface area (Å²) in [4.78, 5) is 3.97. The van der Waals surface area contributed by atoms with Crippen LogP contribution in [0.2, 0.25) is 0 Å². The van der Waals surface area contributed by atoms with Crippen molar-refractivity contribution in [2.75, 3.05) is 5.32 Å². The first-order valence-corrected chi connectivity index (χ1v) is 5.75. The van der Waals surface area contributed by atoms with Crippen molar-refractivity contribution in [1.29, 1.82) is 5.26 Å². The summed E-state index contributed by atoms with van der Waals surface area (Å²) in [6.07, 6.45) is -3.00. The number of aromatic nitrogens is 1. The van der Waals surface area contributed by atoms with Crippen LogP contribution in [0.15, 0.2) is 48.7 Å². The second kappa shape index (κ2) is 5.61. The fraction of sp³-hybridized carbons (Fsp3) is 0.143. The topological polar surface area (TPSA) is 48.7 Å². The lowest BCUT2D eigenvalue weighted by molar-refractivity contribution is -0.137. The van der Waals surface area contributed by atoms with E-state index in [1.54, 1.807) is 18.2 Å². The van der Waals surface area contributed by atoms with Crippen LogP contribution in [0.3, 0.4) is 0 Å². The first kappa shape index (κ1) is 13.9. The molecular weight excluding hydrogens is 267 g/mol. The highest BCUT2D eigenvalue weighted by molar-refractivity contribution is 5.54. The van der Waals surface area contributed by atoms with Crippen LogP contribution < -0.4 is 5.32 Å². The normalized spacial score (nSPS) is 12.5. The fourth-order valence-corrected chi connectivity index (χ4v) is 1.73. The van der Waals surface area contributed by atoms with Gasteiger partial charge in [-0.1, -0.05) is 18.2 Å². The van der Waals surface area contributed by atoms with Gasteiger partial charge in [0.1, 0.15) is 0 Å². The van der Waals surface area contributed by atoms with E-state index < -0.39 is 17.8 Å². The summed E-state index contributed by atoms with van der Waals surface area (Å²) in [6, 6.07) is 10.9. The standard InChI is InChI=1S/C14H10F3N3/c15-14(16,17)10-5-1-2-6-11(10)20-13(9-18)12-7-3-4-8-19-12/h1-8,13,20H. The van der Waals surface area contributed by atoms with Crippen LogP contribution in [-0.2, 0) is 6.18 Å². The molecule has 0 fully saturated rings. The molecule has 0 radical (unpaired) electrons. The molecule has 1 aromatic heterocycles. The van der Waals surface area contributed by atoms with Gasteiger partial charge in [0.2, 0.25) is 0 Å². The number of halogens is 3. The van der Waals surface area contributed by atoms with Gasteiger partial charge in [-0.25, -0.2) is 0 Å². The maximum Gasteiger partial charge on any atom is 0.418 e. The van der Waals surface area contributed by atoms with Crippen molar-refractivity contribution in [1.82, 2.24) is 4.98 Å². The van der Waals surface area contributed by atoms with E-state index in [-0.39, 0.29) is 5.69 Å². The number of nitrogens with one attached hydrogen (secondary N) is 1. The number of para-hydroxylation sites is 1. The first-order chi connectivity index (χ1) is 9.52. The van der Waals surface area contributed by atoms with Crippen LogP contribution in [0.1, 0.15) is 17.3 Å². The number of hydrogen-bond acceptors (Lipinski definition) is 3. The molecule has 102 valence electrons. The van der Waals surface area contributed by atoms with Crippen molar-refractivity contribution in [2.24, 2.45) is 0 Å². The van der Waals surface area contributed by atoms with Crippen molar-refractivity contribution in [3.63, 3.8) is 0 Å². The summed E-state index contributed by atoms with van der Waals surface area (Å²) in [7, 11) is 0. The molecule has 3 nitrogen and oxygen atoms in total. The number of hydrogen-bond donors (Lipinski definition) is 1. The lowest BCUT2D eigenvalue weighted by atomic mass is 10.1. The highest BCUT2D eigenvalue weighted by Crippen LogP contribution is 2.35. The zero-order valence-electron chi connectivity index (χ0n) is 10.2. The van der Waals surface area contributed by atoms with E-state index in [9.17, 15) is 13.2 Å². The number of alkyl halides is 3. The Kier molecular flexibility index (Phi) is 3.89. The van der Waals surface area contributed by atoms with Crippen LogP contribution in [0, 0.1) is 11.3 Å². The quantitative estimate of drug-likeness (QED) is 0.928. The monoisotopic (exact) mass is 277 g/mol. The fourth-order valence-electron chi connectivity index (χ4n) is 1.73. The molecule has 6 heteroatoms. The molecule has 2 rings (SSSR count). The Hall–Kier alpha value is -2.55. The molecule has 0 aliphatic rings. The molecule has 20 heavy (non-hydrogen) atoms. The first-order valence-electron chi connectivity index (χ1n) is 5.75. The van der Waals surface area contributed by atoms with Crippen LogP contribution in [0.5, 0.6) is 0 Å². The number of anilines is 1. The lowest BCUT2D eigenvalue weighted by Crippen LogP contribution is -2.15. The molecule has 0 spiro atoms. The van der Waals surface area contributed by atoms with Gasteiger partial charge < -0.3 is 5.32 Å². The summed E-state index contributed by atoms with van der Waals surface area (Å²) in [5, 5.41) is 11.7. The van der Waals surface area contributed by atoms with Gasteiger partial charge in [0, 0.05) is 11.9 Å². The molecule has 2 aromatic rings. The van der Waals surface area contributed by atoms with Gasteiger partial charge >= 0.3 is 6.18 Å². The van der Waals surface area contributed by atoms with E-state index in [2.05, 4.69) is 10.3 Å². The second-order valence-electron chi connectivity index (χ2n) is 4.00. The summed E-state index contributed by atoms with van der Waals surface area (Å²) in [5.74, 6) is 0. The molecule has 1 atom stereocenters. The lowest BCUT2D eigenvalue weighted by Gasteiger charge is -2.17. The predicted molar refractivity (Wildman–Crippen MR) is 67.7 cm³/mol. The van der Waals surface area contributed by atoms with E-state index in [1.807, 2.05) is 6.07 Å². The third-order valence-electron chi connectivity index (χ3n) is 2.64. The average molecular weight is 277 g/mol. The van der Waals surface area contributed by atoms with Gasteiger partial charge in [-0.3, -0.25) is 4.98 Å². The van der Waals surface area contributed by atoms with Crippen molar-refractivity contribution in [3.8, 4) is 6.07 Å². The van der Waals surface area contributed by atoms with E-state index in [4.69, 9.17) is 5.26 Å². The molecule has 0 aliphatic heterocycles. The third kappa shape index (κ3) is 3.06. The SMILES string of the molecule is N#CC(Nc1ccccc1C(F)(F)F)c1ccccn1. The van der Waals surface area contributed by atoms with Crippen LogP contribution in [-0.4, -0.2) is 4.98 Å². The molecule has 1 unspecified atom stereocenters. The number of benzene rings is 1. The largest absolute Gasteiger partial charge is 0.418 e. The van der Waals surface area contributed by atoms with Gasteiger partial charge in [-0.2, -0.15) is 18.4 Å². The molecule has 0 saturated heterocycles. The minimum Gasteiger partial charge on any atom is -0.364 e. The van der Waals surface area contributed by atoms with Gasteiger partial charge in [-0.05, 0) is 24.3 Å². The third-order valence-corrected chi connectivity index (χ3v) is 2.64. The van der Waals surface area contributed by atoms with E-state index >= 15 is 0 Å². The predicted octanol–water partition coefficient (Wildman–Crippen LogP) is 3.78. The Morgan fingerprint density at radius 2 is 1.80 bits per heavy atom. The number of nitrogens with zero attached hydrogens (tertiary/aromatic N) is 2. The van der Waals surface area contributed by atoms with E-state index in [0.717, 1.165) is 6.07 Å². The highest BCUT2D eigenvalue weighted by atomic mass is 19.4. The van der Waals surface area contributed by atoms with Crippen molar-refractivity contribution in [3.05, 3.63) is 59.9 Å². The van der Waals surface area contributed by atoms with Gasteiger partial charge in [0.05, 0.1) is 17.3 Å². The van der Waals surface area contributed by atoms with Gasteiger partial charge in [0.25, 0.3) is 0 Å². The smallest absolute Gasteiger partial charge is 0.364 e. The minimum absolute atomic E-state index is 0.141. The van der Waals surface area contributed by atoms with E-state index in [0.29, 0.717) is 5.69 Å². The average Bonchev–Trinajstić information content (AvgIpc) is 2.45. The summed E-state index contributed by atoms with van der Waals surface area (Å²) >= 11 is 0. The Morgan fingerprint density at radius 3 is 2.40 bits per heavy atom. The van der Waals surface area contributed by atoms with Crippen molar-refractivity contribution < 1.29 is 13.2 Å². The highest BCUT2D eigenvalue weighted by Gasteiger charge is 2.33. The Balaban J connectivity index is 2.33. The van der Waals surface area contributed by atoms with Crippen molar-refractivity contribution in [2.45, 2.75) is 12.2 Å².